The molecular weight excluding hydrogens is 372 g/mol. The Morgan fingerprint density at radius 2 is 1.34 bits per heavy atom. The Morgan fingerprint density at radius 3 is 1.97 bits per heavy atom. The van der Waals surface area contributed by atoms with Crippen molar-refractivity contribution in [2.45, 2.75) is 26.4 Å². The average Bonchev–Trinajstić information content (AvgIpc) is 2.68. The van der Waals surface area contributed by atoms with E-state index in [2.05, 4.69) is 87.1 Å². The summed E-state index contributed by atoms with van der Waals surface area (Å²) in [6.07, 6.45) is 6.44. The minimum Gasteiger partial charge on any atom is -0.369 e. The minimum atomic E-state index is -1.35. The van der Waals surface area contributed by atoms with Crippen molar-refractivity contribution in [1.29, 1.82) is 0 Å². The van der Waals surface area contributed by atoms with Crippen molar-refractivity contribution in [3.63, 3.8) is 0 Å². The highest BCUT2D eigenvalue weighted by Crippen LogP contribution is 2.40. The molecule has 3 aromatic rings. The summed E-state index contributed by atoms with van der Waals surface area (Å²) >= 11 is 0. The first-order valence-corrected chi connectivity index (χ1v) is 12.7. The summed E-state index contributed by atoms with van der Waals surface area (Å²) in [6.45, 7) is 6.29. The van der Waals surface area contributed by atoms with Gasteiger partial charge < -0.3 is 5.11 Å². The summed E-state index contributed by atoms with van der Waals surface area (Å²) < 4.78 is 0. The van der Waals surface area contributed by atoms with Crippen molar-refractivity contribution in [1.82, 2.24) is 0 Å². The molecule has 0 saturated heterocycles. The highest BCUT2D eigenvalue weighted by atomic mass is 32.3. The molecule has 2 heteroatoms. The Kier molecular flexibility index (Phi) is 5.94. The largest absolute Gasteiger partial charge is 0.369 e. The van der Waals surface area contributed by atoms with Crippen molar-refractivity contribution in [3.8, 4) is 22.3 Å². The highest BCUT2D eigenvalue weighted by Gasteiger charge is 2.34. The Hall–Kier alpha value is -2.47. The SMILES string of the molecule is Cc1ccccc1-c1ccc(C)c(C(O)(C#CS(C)(C)C)c2ccccc2)c1C. The fraction of sp³-hybridized carbons (Fsp3) is 0.259. The van der Waals surface area contributed by atoms with Gasteiger partial charge in [-0.3, -0.25) is 0 Å². The third-order valence-electron chi connectivity index (χ3n) is 5.20. The molecular formula is C27H30OS. The summed E-state index contributed by atoms with van der Waals surface area (Å²) in [4.78, 5) is 0. The molecule has 0 heterocycles. The smallest absolute Gasteiger partial charge is 0.178 e. The molecule has 0 aliphatic heterocycles. The maximum Gasteiger partial charge on any atom is 0.178 e. The predicted molar refractivity (Wildman–Crippen MR) is 129 cm³/mol. The van der Waals surface area contributed by atoms with Gasteiger partial charge in [0.05, 0.1) is 0 Å². The van der Waals surface area contributed by atoms with E-state index in [4.69, 9.17) is 0 Å². The second-order valence-electron chi connectivity index (χ2n) is 8.39. The Bertz CT molecular complexity index is 1080. The van der Waals surface area contributed by atoms with Crippen LogP contribution >= 0.6 is 10.0 Å². The van der Waals surface area contributed by atoms with Crippen LogP contribution in [0, 0.1) is 31.9 Å². The molecule has 0 fully saturated rings. The molecule has 0 aromatic heterocycles. The van der Waals surface area contributed by atoms with Crippen molar-refractivity contribution in [2.75, 3.05) is 18.8 Å². The lowest BCUT2D eigenvalue weighted by molar-refractivity contribution is 0.144. The highest BCUT2D eigenvalue weighted by molar-refractivity contribution is 8.35. The van der Waals surface area contributed by atoms with Gasteiger partial charge in [0.25, 0.3) is 0 Å². The average molecular weight is 403 g/mol. The molecule has 0 spiro atoms. The predicted octanol–water partition coefficient (Wildman–Crippen LogP) is 6.17. The number of rotatable bonds is 3. The van der Waals surface area contributed by atoms with Crippen LogP contribution in [0.2, 0.25) is 0 Å². The van der Waals surface area contributed by atoms with Gasteiger partial charge in [-0.15, -0.1) is 0 Å². The molecule has 3 aromatic carbocycles. The van der Waals surface area contributed by atoms with E-state index < -0.39 is 15.6 Å². The molecule has 1 N–H and O–H groups in total. The molecule has 1 unspecified atom stereocenters. The quantitative estimate of drug-likeness (QED) is 0.519. The van der Waals surface area contributed by atoms with Gasteiger partial charge in [-0.1, -0.05) is 72.0 Å². The van der Waals surface area contributed by atoms with Crippen molar-refractivity contribution in [3.05, 3.63) is 94.5 Å². The third-order valence-corrected chi connectivity index (χ3v) is 5.91. The van der Waals surface area contributed by atoms with Crippen LogP contribution in [0.25, 0.3) is 11.1 Å². The zero-order valence-corrected chi connectivity index (χ0v) is 19.0. The van der Waals surface area contributed by atoms with E-state index in [-0.39, 0.29) is 0 Å². The summed E-state index contributed by atoms with van der Waals surface area (Å²) in [5.74, 6) is 3.29. The van der Waals surface area contributed by atoms with Gasteiger partial charge in [0.15, 0.2) is 5.60 Å². The van der Waals surface area contributed by atoms with Crippen LogP contribution in [-0.4, -0.2) is 23.9 Å². The first-order chi connectivity index (χ1) is 13.6. The standard InChI is InChI=1S/C27H30OS/c1-20-12-10-11-15-24(20)25-17-16-21(2)26(22(25)3)27(28,18-19-29(4,5)6)23-13-8-7-9-14-23/h7-17,28H,1-6H3. The lowest BCUT2D eigenvalue weighted by Crippen LogP contribution is -2.28. The zero-order valence-electron chi connectivity index (χ0n) is 18.2. The lowest BCUT2D eigenvalue weighted by Gasteiger charge is -2.29. The zero-order chi connectivity index (χ0) is 21.2. The summed E-state index contributed by atoms with van der Waals surface area (Å²) in [5, 5.41) is 15.4. The fourth-order valence-electron chi connectivity index (χ4n) is 3.76. The molecule has 150 valence electrons. The molecule has 0 bridgehead atoms. The Labute approximate surface area is 177 Å². The number of hydrogen-bond donors (Lipinski definition) is 1. The van der Waals surface area contributed by atoms with Crippen LogP contribution < -0.4 is 0 Å². The van der Waals surface area contributed by atoms with Gasteiger partial charge in [0.1, 0.15) is 0 Å². The monoisotopic (exact) mass is 402 g/mol. The van der Waals surface area contributed by atoms with Crippen LogP contribution in [0.1, 0.15) is 27.8 Å². The van der Waals surface area contributed by atoms with E-state index in [0.717, 1.165) is 27.8 Å². The van der Waals surface area contributed by atoms with Gasteiger partial charge in [-0.05, 0) is 73.3 Å². The van der Waals surface area contributed by atoms with Crippen molar-refractivity contribution >= 4 is 10.0 Å². The van der Waals surface area contributed by atoms with Gasteiger partial charge in [0, 0.05) is 11.1 Å². The van der Waals surface area contributed by atoms with E-state index in [1.165, 1.54) is 11.1 Å². The first kappa shape index (κ1) is 21.2. The summed E-state index contributed by atoms with van der Waals surface area (Å²) in [5.41, 5.74) is 6.02. The third kappa shape index (κ3) is 4.42. The van der Waals surface area contributed by atoms with Crippen LogP contribution in [0.5, 0.6) is 0 Å². The molecule has 0 aliphatic rings. The maximum absolute atomic E-state index is 12.1. The molecule has 29 heavy (non-hydrogen) atoms. The minimum absolute atomic E-state index is 0.810. The van der Waals surface area contributed by atoms with Crippen LogP contribution in [-0.2, 0) is 5.60 Å². The van der Waals surface area contributed by atoms with Gasteiger partial charge in [-0.25, -0.2) is 0 Å². The lowest BCUT2D eigenvalue weighted by atomic mass is 9.79. The molecule has 0 radical (unpaired) electrons. The number of hydrogen-bond acceptors (Lipinski definition) is 1. The Morgan fingerprint density at radius 1 is 0.724 bits per heavy atom. The van der Waals surface area contributed by atoms with Crippen LogP contribution in [0.3, 0.4) is 0 Å². The molecule has 0 saturated carbocycles. The normalized spacial score (nSPS) is 13.9. The second kappa shape index (κ2) is 8.11. The first-order valence-electron chi connectivity index (χ1n) is 9.80. The van der Waals surface area contributed by atoms with Gasteiger partial charge in [-0.2, -0.15) is 10.0 Å². The summed E-state index contributed by atoms with van der Waals surface area (Å²) in [7, 11) is -1.09. The van der Waals surface area contributed by atoms with Crippen molar-refractivity contribution < 1.29 is 5.11 Å². The fourth-order valence-corrected chi connectivity index (χ4v) is 4.21. The van der Waals surface area contributed by atoms with E-state index in [1.807, 2.05) is 30.3 Å². The number of aryl methyl sites for hydroxylation is 2. The molecule has 1 atom stereocenters. The van der Waals surface area contributed by atoms with Crippen LogP contribution in [0.15, 0.2) is 66.7 Å². The molecule has 0 aliphatic carbocycles. The van der Waals surface area contributed by atoms with Crippen LogP contribution in [0.4, 0.5) is 0 Å². The number of benzene rings is 3. The van der Waals surface area contributed by atoms with Gasteiger partial charge in [0.2, 0.25) is 0 Å². The van der Waals surface area contributed by atoms with Gasteiger partial charge >= 0.3 is 0 Å². The van der Waals surface area contributed by atoms with Crippen molar-refractivity contribution in [2.24, 2.45) is 0 Å². The Balaban J connectivity index is 2.33. The molecule has 1 nitrogen and oxygen atoms in total. The maximum atomic E-state index is 12.1. The number of aliphatic hydroxyl groups is 1. The van der Waals surface area contributed by atoms with E-state index in [1.54, 1.807) is 0 Å². The molecule has 0 amide bonds. The van der Waals surface area contributed by atoms with E-state index >= 15 is 0 Å². The summed E-state index contributed by atoms with van der Waals surface area (Å²) in [6, 6.07) is 22.5. The molecule has 3 rings (SSSR count). The second-order valence-corrected chi connectivity index (χ2v) is 12.3. The van der Waals surface area contributed by atoms with E-state index in [0.29, 0.717) is 0 Å². The van der Waals surface area contributed by atoms with E-state index in [9.17, 15) is 5.11 Å². The topological polar surface area (TPSA) is 20.2 Å².